The van der Waals surface area contributed by atoms with E-state index in [1.807, 2.05) is 0 Å². The van der Waals surface area contributed by atoms with Crippen LogP contribution in [0.3, 0.4) is 0 Å². The third-order valence-corrected chi connectivity index (χ3v) is 4.57. The number of aliphatic hydroxyl groups excluding tert-OH is 1. The van der Waals surface area contributed by atoms with Crippen molar-refractivity contribution in [3.8, 4) is 0 Å². The van der Waals surface area contributed by atoms with Crippen LogP contribution >= 0.6 is 0 Å². The molecule has 1 aromatic heterocycles. The van der Waals surface area contributed by atoms with E-state index in [0.29, 0.717) is 24.1 Å². The SMILES string of the molecule is CC(C)Cc1nc2c(c(N3CCCC(CO)C3)n1)CCNC2=O. The van der Waals surface area contributed by atoms with Crippen LogP contribution in [0.5, 0.6) is 0 Å². The topological polar surface area (TPSA) is 78.3 Å². The van der Waals surface area contributed by atoms with Crippen molar-refractivity contribution in [2.24, 2.45) is 11.8 Å². The number of nitrogens with zero attached hydrogens (tertiary/aromatic N) is 3. The van der Waals surface area contributed by atoms with E-state index >= 15 is 0 Å². The molecule has 1 amide bonds. The fourth-order valence-corrected chi connectivity index (χ4v) is 3.44. The van der Waals surface area contributed by atoms with E-state index in [0.717, 1.165) is 56.0 Å². The van der Waals surface area contributed by atoms with E-state index in [9.17, 15) is 9.90 Å². The third-order valence-electron chi connectivity index (χ3n) is 4.57. The number of nitrogens with one attached hydrogen (secondary N) is 1. The molecule has 1 unspecified atom stereocenters. The number of rotatable bonds is 4. The summed E-state index contributed by atoms with van der Waals surface area (Å²) in [5.41, 5.74) is 1.52. The van der Waals surface area contributed by atoms with E-state index in [1.165, 1.54) is 0 Å². The van der Waals surface area contributed by atoms with Gasteiger partial charge in [-0.2, -0.15) is 0 Å². The zero-order valence-corrected chi connectivity index (χ0v) is 14.0. The summed E-state index contributed by atoms with van der Waals surface area (Å²) in [6, 6.07) is 0. The molecule has 1 saturated heterocycles. The van der Waals surface area contributed by atoms with Gasteiger partial charge in [0, 0.05) is 38.2 Å². The number of hydrogen-bond donors (Lipinski definition) is 2. The molecule has 6 heteroatoms. The Morgan fingerprint density at radius 2 is 2.22 bits per heavy atom. The average molecular weight is 318 g/mol. The molecule has 3 rings (SSSR count). The van der Waals surface area contributed by atoms with Gasteiger partial charge in [-0.1, -0.05) is 13.8 Å². The molecule has 0 saturated carbocycles. The van der Waals surface area contributed by atoms with Crippen molar-refractivity contribution in [2.45, 2.75) is 39.5 Å². The second-order valence-electron chi connectivity index (χ2n) is 7.03. The van der Waals surface area contributed by atoms with Crippen LogP contribution in [0.2, 0.25) is 0 Å². The van der Waals surface area contributed by atoms with Gasteiger partial charge in [0.05, 0.1) is 0 Å². The number of carbonyl (C=O) groups is 1. The Bertz CT molecular complexity index is 588. The van der Waals surface area contributed by atoms with Gasteiger partial charge in [-0.3, -0.25) is 4.79 Å². The van der Waals surface area contributed by atoms with Gasteiger partial charge in [0.1, 0.15) is 17.3 Å². The summed E-state index contributed by atoms with van der Waals surface area (Å²) in [6.07, 6.45) is 3.65. The van der Waals surface area contributed by atoms with Crippen molar-refractivity contribution >= 4 is 11.7 Å². The maximum Gasteiger partial charge on any atom is 0.270 e. The number of piperidine rings is 1. The summed E-state index contributed by atoms with van der Waals surface area (Å²) in [7, 11) is 0. The molecule has 1 aromatic rings. The van der Waals surface area contributed by atoms with E-state index in [4.69, 9.17) is 4.98 Å². The number of fused-ring (bicyclic) bond motifs is 1. The van der Waals surface area contributed by atoms with Crippen molar-refractivity contribution in [1.82, 2.24) is 15.3 Å². The highest BCUT2D eigenvalue weighted by atomic mass is 16.3. The fraction of sp³-hybridized carbons (Fsp3) is 0.706. The molecule has 23 heavy (non-hydrogen) atoms. The Balaban J connectivity index is 1.99. The van der Waals surface area contributed by atoms with Crippen molar-refractivity contribution in [1.29, 1.82) is 0 Å². The summed E-state index contributed by atoms with van der Waals surface area (Å²) in [5.74, 6) is 2.31. The van der Waals surface area contributed by atoms with Gasteiger partial charge < -0.3 is 15.3 Å². The van der Waals surface area contributed by atoms with Gasteiger partial charge in [0.15, 0.2) is 0 Å². The van der Waals surface area contributed by atoms with E-state index < -0.39 is 0 Å². The summed E-state index contributed by atoms with van der Waals surface area (Å²) in [4.78, 5) is 23.8. The van der Waals surface area contributed by atoms with E-state index in [2.05, 4.69) is 29.0 Å². The average Bonchev–Trinajstić information content (AvgIpc) is 2.54. The standard InChI is InChI=1S/C17H26N4O2/c1-11(2)8-14-19-15-13(5-6-18-17(15)23)16(20-14)21-7-3-4-12(9-21)10-22/h11-12,22H,3-10H2,1-2H3,(H,18,23). The van der Waals surface area contributed by atoms with E-state index in [1.54, 1.807) is 0 Å². The first-order valence-electron chi connectivity index (χ1n) is 8.62. The predicted molar refractivity (Wildman–Crippen MR) is 88.6 cm³/mol. The lowest BCUT2D eigenvalue weighted by Crippen LogP contribution is -2.40. The Labute approximate surface area is 137 Å². The first-order chi connectivity index (χ1) is 11.1. The third kappa shape index (κ3) is 3.47. The van der Waals surface area contributed by atoms with Crippen molar-refractivity contribution < 1.29 is 9.90 Å². The van der Waals surface area contributed by atoms with Gasteiger partial charge in [-0.25, -0.2) is 9.97 Å². The first kappa shape index (κ1) is 16.2. The van der Waals surface area contributed by atoms with Crippen LogP contribution in [0.1, 0.15) is 48.6 Å². The number of carbonyl (C=O) groups excluding carboxylic acids is 1. The second kappa shape index (κ2) is 6.83. The molecule has 2 aliphatic rings. The normalized spacial score (nSPS) is 21.3. The fourth-order valence-electron chi connectivity index (χ4n) is 3.44. The minimum Gasteiger partial charge on any atom is -0.396 e. The largest absolute Gasteiger partial charge is 0.396 e. The molecule has 0 radical (unpaired) electrons. The lowest BCUT2D eigenvalue weighted by Gasteiger charge is -2.35. The number of anilines is 1. The molecule has 126 valence electrons. The lowest BCUT2D eigenvalue weighted by molar-refractivity contribution is 0.0939. The number of aromatic nitrogens is 2. The van der Waals surface area contributed by atoms with Crippen LogP contribution in [0.4, 0.5) is 5.82 Å². The number of hydrogen-bond acceptors (Lipinski definition) is 5. The quantitative estimate of drug-likeness (QED) is 0.871. The highest BCUT2D eigenvalue weighted by Crippen LogP contribution is 2.28. The molecule has 0 aromatic carbocycles. The van der Waals surface area contributed by atoms with Gasteiger partial charge in [-0.05, 0) is 31.1 Å². The summed E-state index contributed by atoms with van der Waals surface area (Å²) in [5, 5.41) is 12.4. The van der Waals surface area contributed by atoms with E-state index in [-0.39, 0.29) is 12.5 Å². The Hall–Kier alpha value is -1.69. The van der Waals surface area contributed by atoms with Crippen LogP contribution in [0.15, 0.2) is 0 Å². The smallest absolute Gasteiger partial charge is 0.270 e. The monoisotopic (exact) mass is 318 g/mol. The van der Waals surface area contributed by atoms with Gasteiger partial charge in [0.25, 0.3) is 5.91 Å². The molecule has 1 atom stereocenters. The number of amides is 1. The van der Waals surface area contributed by atoms with Gasteiger partial charge in [-0.15, -0.1) is 0 Å². The molecule has 0 spiro atoms. The Kier molecular flexibility index (Phi) is 4.80. The molecule has 2 aliphatic heterocycles. The molecule has 0 bridgehead atoms. The molecule has 6 nitrogen and oxygen atoms in total. The van der Waals surface area contributed by atoms with Crippen LogP contribution < -0.4 is 10.2 Å². The molecular formula is C17H26N4O2. The molecule has 2 N–H and O–H groups in total. The van der Waals surface area contributed by atoms with Crippen molar-refractivity contribution in [2.75, 3.05) is 31.1 Å². The maximum atomic E-state index is 12.2. The van der Waals surface area contributed by atoms with Gasteiger partial charge >= 0.3 is 0 Å². The summed E-state index contributed by atoms with van der Waals surface area (Å²) >= 11 is 0. The number of aliphatic hydroxyl groups is 1. The summed E-state index contributed by atoms with van der Waals surface area (Å²) < 4.78 is 0. The minimum absolute atomic E-state index is 0.0874. The lowest BCUT2D eigenvalue weighted by atomic mass is 9.97. The first-order valence-corrected chi connectivity index (χ1v) is 8.62. The Morgan fingerprint density at radius 3 is 2.96 bits per heavy atom. The van der Waals surface area contributed by atoms with Crippen LogP contribution in [0.25, 0.3) is 0 Å². The molecule has 1 fully saturated rings. The van der Waals surface area contributed by atoms with Crippen LogP contribution in [0, 0.1) is 11.8 Å². The molecular weight excluding hydrogens is 292 g/mol. The highest BCUT2D eigenvalue weighted by Gasteiger charge is 2.28. The zero-order valence-electron chi connectivity index (χ0n) is 14.0. The highest BCUT2D eigenvalue weighted by molar-refractivity contribution is 5.96. The zero-order chi connectivity index (χ0) is 16.4. The molecule has 0 aliphatic carbocycles. The van der Waals surface area contributed by atoms with Crippen LogP contribution in [-0.2, 0) is 12.8 Å². The minimum atomic E-state index is -0.0874. The summed E-state index contributed by atoms with van der Waals surface area (Å²) in [6.45, 7) is 6.86. The van der Waals surface area contributed by atoms with Crippen LogP contribution in [-0.4, -0.2) is 47.2 Å². The van der Waals surface area contributed by atoms with Gasteiger partial charge in [0.2, 0.25) is 0 Å². The van der Waals surface area contributed by atoms with Crippen molar-refractivity contribution in [3.05, 3.63) is 17.1 Å². The molecule has 3 heterocycles. The second-order valence-corrected chi connectivity index (χ2v) is 7.03. The van der Waals surface area contributed by atoms with Crippen molar-refractivity contribution in [3.63, 3.8) is 0 Å². The predicted octanol–water partition coefficient (Wildman–Crippen LogP) is 1.17. The Morgan fingerprint density at radius 1 is 1.39 bits per heavy atom. The maximum absolute atomic E-state index is 12.2.